The maximum atomic E-state index is 4.62. The van der Waals surface area contributed by atoms with Crippen molar-refractivity contribution >= 4 is 38.1 Å². The fraction of sp³-hybridized carbons (Fsp3) is 0.357. The van der Waals surface area contributed by atoms with Crippen molar-refractivity contribution in [3.05, 3.63) is 39.8 Å². The van der Waals surface area contributed by atoms with E-state index in [0.29, 0.717) is 6.04 Å². The largest absolute Gasteiger partial charge is 0.331 e. The summed E-state index contributed by atoms with van der Waals surface area (Å²) in [6.45, 7) is 5.33. The van der Waals surface area contributed by atoms with E-state index in [1.165, 1.54) is 0 Å². The number of halogens is 1. The van der Waals surface area contributed by atoms with Crippen molar-refractivity contribution in [1.29, 1.82) is 0 Å². The zero-order chi connectivity index (χ0) is 13.7. The summed E-state index contributed by atoms with van der Waals surface area (Å²) in [5.74, 6) is 0. The standard InChI is InChI=1S/C14H18BrN3S/c1-3-8-16-10(2)13-9-19-14(18-13)17-12-7-5-4-6-11(12)15/h4-7,9-10,16H,3,8H2,1-2H3,(H,17,18). The Balaban J connectivity index is 2.03. The van der Waals surface area contributed by atoms with Crippen molar-refractivity contribution in [3.8, 4) is 0 Å². The topological polar surface area (TPSA) is 37.0 Å². The average Bonchev–Trinajstić information content (AvgIpc) is 2.87. The highest BCUT2D eigenvalue weighted by atomic mass is 79.9. The van der Waals surface area contributed by atoms with E-state index in [2.05, 4.69) is 50.8 Å². The molecule has 0 saturated heterocycles. The molecule has 1 heterocycles. The highest BCUT2D eigenvalue weighted by Crippen LogP contribution is 2.28. The lowest BCUT2D eigenvalue weighted by Crippen LogP contribution is -2.19. The van der Waals surface area contributed by atoms with E-state index in [9.17, 15) is 0 Å². The van der Waals surface area contributed by atoms with E-state index in [1.54, 1.807) is 11.3 Å². The summed E-state index contributed by atoms with van der Waals surface area (Å²) in [5, 5.41) is 9.81. The predicted octanol–water partition coefficient (Wildman–Crippen LogP) is 4.71. The van der Waals surface area contributed by atoms with Crippen molar-refractivity contribution < 1.29 is 0 Å². The third-order valence-electron chi connectivity index (χ3n) is 2.78. The number of nitrogens with zero attached hydrogens (tertiary/aromatic N) is 1. The van der Waals surface area contributed by atoms with Crippen molar-refractivity contribution in [2.24, 2.45) is 0 Å². The van der Waals surface area contributed by atoms with Crippen molar-refractivity contribution in [2.75, 3.05) is 11.9 Å². The second-order valence-electron chi connectivity index (χ2n) is 4.36. The van der Waals surface area contributed by atoms with E-state index in [4.69, 9.17) is 0 Å². The smallest absolute Gasteiger partial charge is 0.187 e. The molecule has 0 amide bonds. The molecule has 0 spiro atoms. The van der Waals surface area contributed by atoms with Crippen LogP contribution < -0.4 is 10.6 Å². The molecule has 0 radical (unpaired) electrons. The molecule has 1 atom stereocenters. The van der Waals surface area contributed by atoms with Crippen LogP contribution in [0.1, 0.15) is 32.0 Å². The van der Waals surface area contributed by atoms with Gasteiger partial charge in [0.2, 0.25) is 0 Å². The highest BCUT2D eigenvalue weighted by Gasteiger charge is 2.09. The van der Waals surface area contributed by atoms with Gasteiger partial charge in [0.15, 0.2) is 5.13 Å². The molecule has 2 rings (SSSR count). The first-order chi connectivity index (χ1) is 9.20. The van der Waals surface area contributed by atoms with E-state index in [0.717, 1.165) is 34.0 Å². The van der Waals surface area contributed by atoms with Crippen LogP contribution in [-0.4, -0.2) is 11.5 Å². The second-order valence-corrected chi connectivity index (χ2v) is 6.07. The lowest BCUT2D eigenvalue weighted by Gasteiger charge is -2.10. The first-order valence-electron chi connectivity index (χ1n) is 6.41. The Morgan fingerprint density at radius 3 is 2.89 bits per heavy atom. The molecule has 1 aromatic heterocycles. The Hall–Kier alpha value is -0.910. The van der Waals surface area contributed by atoms with Gasteiger partial charge < -0.3 is 10.6 Å². The maximum absolute atomic E-state index is 4.62. The predicted molar refractivity (Wildman–Crippen MR) is 86.2 cm³/mol. The molecule has 2 aromatic rings. The summed E-state index contributed by atoms with van der Waals surface area (Å²) in [6, 6.07) is 8.35. The molecule has 0 fully saturated rings. The lowest BCUT2D eigenvalue weighted by molar-refractivity contribution is 0.561. The molecule has 1 aromatic carbocycles. The summed E-state index contributed by atoms with van der Waals surface area (Å²) in [7, 11) is 0. The summed E-state index contributed by atoms with van der Waals surface area (Å²) in [6.07, 6.45) is 1.14. The molecular weight excluding hydrogens is 322 g/mol. The summed E-state index contributed by atoms with van der Waals surface area (Å²) in [4.78, 5) is 4.62. The van der Waals surface area contributed by atoms with Crippen molar-refractivity contribution in [3.63, 3.8) is 0 Å². The number of aromatic nitrogens is 1. The average molecular weight is 340 g/mol. The van der Waals surface area contributed by atoms with Gasteiger partial charge in [0.1, 0.15) is 0 Å². The molecule has 2 N–H and O–H groups in total. The van der Waals surface area contributed by atoms with Gasteiger partial charge in [-0.3, -0.25) is 0 Å². The van der Waals surface area contributed by atoms with Gasteiger partial charge >= 0.3 is 0 Å². The molecule has 3 nitrogen and oxygen atoms in total. The molecule has 0 aliphatic rings. The zero-order valence-corrected chi connectivity index (χ0v) is 13.5. The van der Waals surface area contributed by atoms with Crippen LogP contribution >= 0.6 is 27.3 Å². The molecule has 0 saturated carbocycles. The Kier molecular flexibility index (Phi) is 5.36. The van der Waals surface area contributed by atoms with Crippen LogP contribution in [0.5, 0.6) is 0 Å². The molecule has 19 heavy (non-hydrogen) atoms. The van der Waals surface area contributed by atoms with Gasteiger partial charge in [0.25, 0.3) is 0 Å². The van der Waals surface area contributed by atoms with E-state index in [-0.39, 0.29) is 0 Å². The Morgan fingerprint density at radius 2 is 2.16 bits per heavy atom. The van der Waals surface area contributed by atoms with Gasteiger partial charge in [0, 0.05) is 15.9 Å². The number of nitrogens with one attached hydrogen (secondary N) is 2. The first-order valence-corrected chi connectivity index (χ1v) is 8.08. The van der Waals surface area contributed by atoms with Crippen LogP contribution in [0.15, 0.2) is 34.1 Å². The minimum absolute atomic E-state index is 0.297. The minimum atomic E-state index is 0.297. The Bertz CT molecular complexity index is 527. The molecular formula is C14H18BrN3S. The number of hydrogen-bond acceptors (Lipinski definition) is 4. The van der Waals surface area contributed by atoms with Crippen molar-refractivity contribution in [2.45, 2.75) is 26.3 Å². The minimum Gasteiger partial charge on any atom is -0.331 e. The van der Waals surface area contributed by atoms with Crippen molar-refractivity contribution in [1.82, 2.24) is 10.3 Å². The fourth-order valence-electron chi connectivity index (χ4n) is 1.69. The van der Waals surface area contributed by atoms with Gasteiger partial charge in [-0.15, -0.1) is 11.3 Å². The summed E-state index contributed by atoms with van der Waals surface area (Å²) in [5.41, 5.74) is 2.13. The number of benzene rings is 1. The fourth-order valence-corrected chi connectivity index (χ4v) is 2.89. The maximum Gasteiger partial charge on any atom is 0.187 e. The molecule has 0 aliphatic carbocycles. The van der Waals surface area contributed by atoms with Crippen LogP contribution in [-0.2, 0) is 0 Å². The van der Waals surface area contributed by atoms with Crippen LogP contribution in [0.25, 0.3) is 0 Å². The van der Waals surface area contributed by atoms with Gasteiger partial charge in [-0.2, -0.15) is 0 Å². The SMILES string of the molecule is CCCNC(C)c1csc(Nc2ccccc2Br)n1. The summed E-state index contributed by atoms with van der Waals surface area (Å²) < 4.78 is 1.05. The van der Waals surface area contributed by atoms with Crippen LogP contribution in [0.3, 0.4) is 0 Å². The first kappa shape index (κ1) is 14.5. The third-order valence-corrected chi connectivity index (χ3v) is 4.25. The monoisotopic (exact) mass is 339 g/mol. The van der Waals surface area contributed by atoms with Crippen LogP contribution in [0, 0.1) is 0 Å². The quantitative estimate of drug-likeness (QED) is 0.800. The van der Waals surface area contributed by atoms with Crippen LogP contribution in [0.2, 0.25) is 0 Å². The van der Waals surface area contributed by atoms with Crippen LogP contribution in [0.4, 0.5) is 10.8 Å². The lowest BCUT2D eigenvalue weighted by atomic mass is 10.2. The molecule has 0 bridgehead atoms. The zero-order valence-electron chi connectivity index (χ0n) is 11.1. The van der Waals surface area contributed by atoms with Gasteiger partial charge in [-0.1, -0.05) is 19.1 Å². The van der Waals surface area contributed by atoms with Gasteiger partial charge in [0.05, 0.1) is 11.4 Å². The number of rotatable bonds is 6. The summed E-state index contributed by atoms with van der Waals surface area (Å²) >= 11 is 5.16. The van der Waals surface area contributed by atoms with E-state index >= 15 is 0 Å². The molecule has 102 valence electrons. The number of anilines is 2. The number of hydrogen-bond donors (Lipinski definition) is 2. The normalized spacial score (nSPS) is 12.4. The second kappa shape index (κ2) is 7.03. The van der Waals surface area contributed by atoms with E-state index < -0.39 is 0 Å². The Morgan fingerprint density at radius 1 is 1.37 bits per heavy atom. The van der Waals surface area contributed by atoms with Gasteiger partial charge in [-0.25, -0.2) is 4.98 Å². The van der Waals surface area contributed by atoms with E-state index in [1.807, 2.05) is 24.3 Å². The Labute approximate surface area is 126 Å². The molecule has 1 unspecified atom stereocenters. The third kappa shape index (κ3) is 4.03. The number of thiazole rings is 1. The number of para-hydroxylation sites is 1. The molecule has 5 heteroatoms. The highest BCUT2D eigenvalue weighted by molar-refractivity contribution is 9.10. The van der Waals surface area contributed by atoms with Gasteiger partial charge in [-0.05, 0) is 48.0 Å². The molecule has 0 aliphatic heterocycles.